The van der Waals surface area contributed by atoms with E-state index < -0.39 is 12.1 Å². The predicted molar refractivity (Wildman–Crippen MR) is 77.4 cm³/mol. The first-order chi connectivity index (χ1) is 9.95. The second-order valence-electron chi connectivity index (χ2n) is 5.20. The monoisotopic (exact) mass is 289 g/mol. The second-order valence-corrected chi connectivity index (χ2v) is 5.20. The van der Waals surface area contributed by atoms with Crippen LogP contribution in [0.3, 0.4) is 0 Å². The number of aromatic amines is 1. The molecule has 0 aliphatic carbocycles. The van der Waals surface area contributed by atoms with Gasteiger partial charge in [0.2, 0.25) is 0 Å². The van der Waals surface area contributed by atoms with Gasteiger partial charge in [-0.2, -0.15) is 13.2 Å². The summed E-state index contributed by atoms with van der Waals surface area (Å²) in [5, 5.41) is 0.801. The standard InChI is InChI=1S/C17H14F3N/c1-11-7-8-14-13(9-11)10-15(21-14)16(17(18,19)20)12-5-3-2-4-6-12/h2-10,16,21H,1H3. The maximum Gasteiger partial charge on any atom is 0.401 e. The molecule has 1 unspecified atom stereocenters. The molecule has 0 amide bonds. The predicted octanol–water partition coefficient (Wildman–Crippen LogP) is 5.17. The van der Waals surface area contributed by atoms with Crippen molar-refractivity contribution in [3.8, 4) is 0 Å². The van der Waals surface area contributed by atoms with Gasteiger partial charge in [-0.15, -0.1) is 0 Å². The van der Waals surface area contributed by atoms with Crippen molar-refractivity contribution in [1.82, 2.24) is 4.98 Å². The molecule has 0 aliphatic heterocycles. The van der Waals surface area contributed by atoms with E-state index in [1.165, 1.54) is 12.1 Å². The summed E-state index contributed by atoms with van der Waals surface area (Å²) in [6.07, 6.45) is -4.34. The van der Waals surface area contributed by atoms with Gasteiger partial charge in [0, 0.05) is 11.2 Å². The van der Waals surface area contributed by atoms with E-state index in [9.17, 15) is 13.2 Å². The van der Waals surface area contributed by atoms with Crippen molar-refractivity contribution in [2.24, 2.45) is 0 Å². The summed E-state index contributed by atoms with van der Waals surface area (Å²) in [7, 11) is 0. The van der Waals surface area contributed by atoms with Crippen LogP contribution in [0.5, 0.6) is 0 Å². The van der Waals surface area contributed by atoms with E-state index in [2.05, 4.69) is 4.98 Å². The number of hydrogen-bond acceptors (Lipinski definition) is 0. The molecule has 1 atom stereocenters. The largest absolute Gasteiger partial charge is 0.401 e. The third-order valence-corrected chi connectivity index (χ3v) is 3.57. The van der Waals surface area contributed by atoms with Crippen LogP contribution in [-0.2, 0) is 0 Å². The van der Waals surface area contributed by atoms with Crippen molar-refractivity contribution in [3.05, 3.63) is 71.4 Å². The third-order valence-electron chi connectivity index (χ3n) is 3.57. The first-order valence-electron chi connectivity index (χ1n) is 6.66. The highest BCUT2D eigenvalue weighted by atomic mass is 19.4. The Kier molecular flexibility index (Phi) is 3.24. The molecule has 3 rings (SSSR count). The molecule has 3 aromatic rings. The highest BCUT2D eigenvalue weighted by Gasteiger charge is 2.42. The summed E-state index contributed by atoms with van der Waals surface area (Å²) in [4.78, 5) is 2.91. The van der Waals surface area contributed by atoms with E-state index in [-0.39, 0.29) is 11.3 Å². The highest BCUT2D eigenvalue weighted by Crippen LogP contribution is 2.40. The Hall–Kier alpha value is -2.23. The average Bonchev–Trinajstić information content (AvgIpc) is 2.80. The van der Waals surface area contributed by atoms with Crippen molar-refractivity contribution in [2.75, 3.05) is 0 Å². The van der Waals surface area contributed by atoms with Crippen LogP contribution in [0.15, 0.2) is 54.6 Å². The lowest BCUT2D eigenvalue weighted by atomic mass is 9.95. The summed E-state index contributed by atoms with van der Waals surface area (Å²) in [6, 6.07) is 15.2. The van der Waals surface area contributed by atoms with Crippen LogP contribution < -0.4 is 0 Å². The van der Waals surface area contributed by atoms with Crippen LogP contribution in [-0.4, -0.2) is 11.2 Å². The van der Waals surface area contributed by atoms with Crippen LogP contribution in [0, 0.1) is 6.92 Å². The normalized spacial score (nSPS) is 13.5. The van der Waals surface area contributed by atoms with Gasteiger partial charge in [-0.1, -0.05) is 42.0 Å². The molecule has 0 radical (unpaired) electrons. The zero-order chi connectivity index (χ0) is 15.0. The molecule has 2 aromatic carbocycles. The van der Waals surface area contributed by atoms with Crippen LogP contribution in [0.25, 0.3) is 10.9 Å². The van der Waals surface area contributed by atoms with Gasteiger partial charge in [0.15, 0.2) is 0 Å². The molecular weight excluding hydrogens is 275 g/mol. The van der Waals surface area contributed by atoms with Gasteiger partial charge < -0.3 is 4.98 Å². The summed E-state index contributed by atoms with van der Waals surface area (Å²) >= 11 is 0. The van der Waals surface area contributed by atoms with E-state index in [1.807, 2.05) is 25.1 Å². The number of halogens is 3. The Morgan fingerprint density at radius 2 is 1.67 bits per heavy atom. The number of alkyl halides is 3. The number of H-pyrrole nitrogens is 1. The topological polar surface area (TPSA) is 15.8 Å². The second kappa shape index (κ2) is 4.95. The Labute approximate surface area is 120 Å². The molecule has 1 nitrogen and oxygen atoms in total. The molecule has 0 aliphatic rings. The van der Waals surface area contributed by atoms with Crippen molar-refractivity contribution in [2.45, 2.75) is 19.0 Å². The molecule has 0 fully saturated rings. The summed E-state index contributed by atoms with van der Waals surface area (Å²) < 4.78 is 40.4. The summed E-state index contributed by atoms with van der Waals surface area (Å²) in [5.41, 5.74) is 2.17. The number of benzene rings is 2. The third kappa shape index (κ3) is 2.66. The minimum absolute atomic E-state index is 0.175. The first kappa shape index (κ1) is 13.7. The van der Waals surface area contributed by atoms with E-state index in [0.29, 0.717) is 0 Å². The number of aryl methyl sites for hydroxylation is 1. The average molecular weight is 289 g/mol. The minimum atomic E-state index is -4.34. The Bertz CT molecular complexity index is 757. The first-order valence-corrected chi connectivity index (χ1v) is 6.66. The minimum Gasteiger partial charge on any atom is -0.358 e. The maximum atomic E-state index is 13.5. The molecule has 0 saturated carbocycles. The van der Waals surface area contributed by atoms with E-state index in [0.717, 1.165) is 16.5 Å². The molecule has 1 aromatic heterocycles. The van der Waals surface area contributed by atoms with Crippen molar-refractivity contribution in [3.63, 3.8) is 0 Å². The SMILES string of the molecule is Cc1ccc2[nH]c(C(c3ccccc3)C(F)(F)F)cc2c1. The maximum absolute atomic E-state index is 13.5. The molecule has 0 spiro atoms. The number of aromatic nitrogens is 1. The fourth-order valence-electron chi connectivity index (χ4n) is 2.62. The van der Waals surface area contributed by atoms with Gasteiger partial charge in [-0.05, 0) is 36.1 Å². The van der Waals surface area contributed by atoms with Crippen LogP contribution >= 0.6 is 0 Å². The quantitative estimate of drug-likeness (QED) is 0.670. The van der Waals surface area contributed by atoms with Crippen molar-refractivity contribution in [1.29, 1.82) is 0 Å². The lowest BCUT2D eigenvalue weighted by Gasteiger charge is -2.19. The molecule has 21 heavy (non-hydrogen) atoms. The number of nitrogens with one attached hydrogen (secondary N) is 1. The Balaban J connectivity index is 2.15. The molecule has 1 N–H and O–H groups in total. The van der Waals surface area contributed by atoms with Gasteiger partial charge in [0.05, 0.1) is 0 Å². The molecule has 4 heteroatoms. The molecule has 0 saturated heterocycles. The van der Waals surface area contributed by atoms with E-state index >= 15 is 0 Å². The lowest BCUT2D eigenvalue weighted by Crippen LogP contribution is -2.22. The van der Waals surface area contributed by atoms with Gasteiger partial charge in [-0.25, -0.2) is 0 Å². The summed E-state index contributed by atoms with van der Waals surface area (Å²) in [6.45, 7) is 1.92. The fraction of sp³-hybridized carbons (Fsp3) is 0.176. The van der Waals surface area contributed by atoms with Crippen LogP contribution in [0.1, 0.15) is 22.7 Å². The van der Waals surface area contributed by atoms with Gasteiger partial charge in [-0.3, -0.25) is 0 Å². The number of fused-ring (bicyclic) bond motifs is 1. The smallest absolute Gasteiger partial charge is 0.358 e. The zero-order valence-electron chi connectivity index (χ0n) is 11.4. The van der Waals surface area contributed by atoms with Crippen molar-refractivity contribution < 1.29 is 13.2 Å². The van der Waals surface area contributed by atoms with Gasteiger partial charge >= 0.3 is 6.18 Å². The van der Waals surface area contributed by atoms with Gasteiger partial charge in [0.1, 0.15) is 5.92 Å². The van der Waals surface area contributed by atoms with E-state index in [4.69, 9.17) is 0 Å². The molecule has 1 heterocycles. The molecule has 108 valence electrons. The van der Waals surface area contributed by atoms with Crippen LogP contribution in [0.4, 0.5) is 13.2 Å². The highest BCUT2D eigenvalue weighted by molar-refractivity contribution is 5.81. The summed E-state index contributed by atoms with van der Waals surface area (Å²) in [5.74, 6) is -1.63. The molecular formula is C17H14F3N. The fourth-order valence-corrected chi connectivity index (χ4v) is 2.62. The number of hydrogen-bond donors (Lipinski definition) is 1. The zero-order valence-corrected chi connectivity index (χ0v) is 11.4. The van der Waals surface area contributed by atoms with E-state index in [1.54, 1.807) is 24.3 Å². The Morgan fingerprint density at radius 3 is 2.33 bits per heavy atom. The van der Waals surface area contributed by atoms with Gasteiger partial charge in [0.25, 0.3) is 0 Å². The number of rotatable bonds is 2. The Morgan fingerprint density at radius 1 is 0.952 bits per heavy atom. The molecule has 0 bridgehead atoms. The van der Waals surface area contributed by atoms with Crippen LogP contribution in [0.2, 0.25) is 0 Å². The lowest BCUT2D eigenvalue weighted by molar-refractivity contribution is -0.141. The van der Waals surface area contributed by atoms with Crippen molar-refractivity contribution >= 4 is 10.9 Å².